The highest BCUT2D eigenvalue weighted by molar-refractivity contribution is 14.1. The van der Waals surface area contributed by atoms with Crippen molar-refractivity contribution < 1.29 is 9.59 Å². The molecule has 0 bridgehead atoms. The Kier molecular flexibility index (Phi) is 6.19. The molecule has 1 N–H and O–H groups in total. The normalized spacial score (nSPS) is 8.91. The zero-order valence-corrected chi connectivity index (χ0v) is 8.42. The summed E-state index contributed by atoms with van der Waals surface area (Å²) in [6, 6.07) is 0. The Morgan fingerprint density at radius 2 is 2.18 bits per heavy atom. The summed E-state index contributed by atoms with van der Waals surface area (Å²) < 4.78 is 0.320. The largest absolute Gasteiger partial charge is 0.272 e. The summed E-state index contributed by atoms with van der Waals surface area (Å²) in [5.74, 6) is -0.513. The monoisotopic (exact) mass is 269 g/mol. The molecular formula is C6H10IN2O2. The SMILES string of the molecule is CCCC(=O)[N]NC(=O)CI. The van der Waals surface area contributed by atoms with Gasteiger partial charge in [-0.15, -0.1) is 5.43 Å². The van der Waals surface area contributed by atoms with E-state index >= 15 is 0 Å². The summed E-state index contributed by atoms with van der Waals surface area (Å²) in [6.45, 7) is 1.88. The van der Waals surface area contributed by atoms with E-state index in [0.717, 1.165) is 6.42 Å². The first kappa shape index (κ1) is 10.7. The third-order valence-electron chi connectivity index (χ3n) is 0.891. The minimum absolute atomic E-state index is 0.241. The van der Waals surface area contributed by atoms with Gasteiger partial charge in [0.15, 0.2) is 0 Å². The molecule has 0 saturated carbocycles. The van der Waals surface area contributed by atoms with Crippen LogP contribution in [0.3, 0.4) is 0 Å². The topological polar surface area (TPSA) is 60.3 Å². The van der Waals surface area contributed by atoms with Crippen LogP contribution in [0.2, 0.25) is 0 Å². The average Bonchev–Trinajstić information content (AvgIpc) is 2.01. The molecule has 0 aliphatic carbocycles. The maximum atomic E-state index is 10.7. The van der Waals surface area contributed by atoms with E-state index in [2.05, 4.69) is 10.9 Å². The Labute approximate surface area is 79.2 Å². The molecule has 0 saturated heterocycles. The van der Waals surface area contributed by atoms with Crippen LogP contribution in [0, 0.1) is 0 Å². The Morgan fingerprint density at radius 3 is 2.64 bits per heavy atom. The second-order valence-electron chi connectivity index (χ2n) is 1.92. The van der Waals surface area contributed by atoms with Gasteiger partial charge in [0.25, 0.3) is 5.91 Å². The van der Waals surface area contributed by atoms with E-state index in [4.69, 9.17) is 0 Å². The van der Waals surface area contributed by atoms with Crippen LogP contribution in [0.1, 0.15) is 19.8 Å². The number of nitrogens with zero attached hydrogens (tertiary/aromatic N) is 1. The van der Waals surface area contributed by atoms with Crippen LogP contribution in [-0.4, -0.2) is 16.2 Å². The third kappa shape index (κ3) is 6.08. The molecule has 0 spiro atoms. The lowest BCUT2D eigenvalue weighted by molar-refractivity contribution is -0.127. The number of hydrogen-bond acceptors (Lipinski definition) is 2. The fraction of sp³-hybridized carbons (Fsp3) is 0.667. The van der Waals surface area contributed by atoms with Gasteiger partial charge in [0.2, 0.25) is 5.91 Å². The van der Waals surface area contributed by atoms with Gasteiger partial charge in [-0.05, 0) is 6.42 Å². The third-order valence-corrected chi connectivity index (χ3v) is 1.58. The van der Waals surface area contributed by atoms with Crippen molar-refractivity contribution in [2.75, 3.05) is 4.43 Å². The standard InChI is InChI=1S/C6H10IN2O2/c1-2-3-5(10)8-9-6(11)4-7/h2-4H2,1H3,(H,9,11). The summed E-state index contributed by atoms with van der Waals surface area (Å²) in [5.41, 5.74) is 5.49. The van der Waals surface area contributed by atoms with E-state index in [1.807, 2.05) is 29.5 Å². The fourth-order valence-electron chi connectivity index (χ4n) is 0.424. The summed E-state index contributed by atoms with van der Waals surface area (Å²) in [6.07, 6.45) is 1.14. The van der Waals surface area contributed by atoms with E-state index in [9.17, 15) is 9.59 Å². The number of carbonyl (C=O) groups excluding carboxylic acids is 2. The van der Waals surface area contributed by atoms with Gasteiger partial charge in [-0.25, -0.2) is 5.43 Å². The maximum absolute atomic E-state index is 10.7. The van der Waals surface area contributed by atoms with Gasteiger partial charge >= 0.3 is 0 Å². The van der Waals surface area contributed by atoms with Crippen molar-refractivity contribution in [1.29, 1.82) is 0 Å². The summed E-state index contributed by atoms with van der Waals surface area (Å²) in [4.78, 5) is 21.2. The van der Waals surface area contributed by atoms with Crippen molar-refractivity contribution >= 4 is 34.4 Å². The molecule has 5 heteroatoms. The molecule has 0 aromatic heterocycles. The Balaban J connectivity index is 3.38. The molecular weight excluding hydrogens is 259 g/mol. The van der Waals surface area contributed by atoms with Crippen molar-refractivity contribution in [2.45, 2.75) is 19.8 Å². The Hall–Kier alpha value is -0.330. The quantitative estimate of drug-likeness (QED) is 0.457. The zero-order chi connectivity index (χ0) is 8.69. The molecule has 4 nitrogen and oxygen atoms in total. The van der Waals surface area contributed by atoms with Crippen LogP contribution >= 0.6 is 22.6 Å². The molecule has 0 atom stereocenters. The Bertz CT molecular complexity index is 150. The highest BCUT2D eigenvalue weighted by atomic mass is 127. The number of nitrogens with one attached hydrogen (secondary N) is 1. The lowest BCUT2D eigenvalue weighted by Crippen LogP contribution is -2.35. The van der Waals surface area contributed by atoms with Crippen molar-refractivity contribution in [2.24, 2.45) is 0 Å². The van der Waals surface area contributed by atoms with Gasteiger partial charge in [0.05, 0.1) is 4.43 Å². The highest BCUT2D eigenvalue weighted by Crippen LogP contribution is 1.85. The lowest BCUT2D eigenvalue weighted by atomic mass is 10.3. The van der Waals surface area contributed by atoms with Gasteiger partial charge < -0.3 is 0 Å². The molecule has 63 valence electrons. The summed E-state index contributed by atoms with van der Waals surface area (Å²) in [5, 5.41) is 0. The molecule has 0 unspecified atom stereocenters. The average molecular weight is 269 g/mol. The van der Waals surface area contributed by atoms with Crippen LogP contribution in [0.15, 0.2) is 0 Å². The van der Waals surface area contributed by atoms with Gasteiger partial charge in [-0.3, -0.25) is 9.59 Å². The number of rotatable bonds is 3. The molecule has 1 radical (unpaired) electrons. The molecule has 11 heavy (non-hydrogen) atoms. The van der Waals surface area contributed by atoms with E-state index in [1.54, 1.807) is 0 Å². The smallest absolute Gasteiger partial charge is 0.262 e. The van der Waals surface area contributed by atoms with Crippen molar-refractivity contribution in [3.8, 4) is 0 Å². The molecule has 0 aliphatic heterocycles. The van der Waals surface area contributed by atoms with Gasteiger partial charge in [-0.1, -0.05) is 29.5 Å². The number of amides is 2. The number of carbonyl (C=O) groups is 2. The summed E-state index contributed by atoms with van der Waals surface area (Å²) >= 11 is 1.90. The zero-order valence-electron chi connectivity index (χ0n) is 6.26. The second-order valence-corrected chi connectivity index (χ2v) is 2.69. The lowest BCUT2D eigenvalue weighted by Gasteiger charge is -1.99. The molecule has 0 aromatic rings. The van der Waals surface area contributed by atoms with E-state index in [1.165, 1.54) is 0 Å². The van der Waals surface area contributed by atoms with Gasteiger partial charge in [0.1, 0.15) is 0 Å². The first-order valence-electron chi connectivity index (χ1n) is 3.29. The molecule has 0 rings (SSSR count). The number of halogens is 1. The van der Waals surface area contributed by atoms with Gasteiger partial charge in [-0.2, -0.15) is 0 Å². The highest BCUT2D eigenvalue weighted by Gasteiger charge is 2.02. The first-order chi connectivity index (χ1) is 5.20. The Morgan fingerprint density at radius 1 is 1.55 bits per heavy atom. The van der Waals surface area contributed by atoms with Crippen molar-refractivity contribution in [1.82, 2.24) is 10.9 Å². The van der Waals surface area contributed by atoms with Gasteiger partial charge in [0, 0.05) is 6.42 Å². The molecule has 0 fully saturated rings. The van der Waals surface area contributed by atoms with E-state index in [-0.39, 0.29) is 11.8 Å². The van der Waals surface area contributed by atoms with Crippen LogP contribution in [0.25, 0.3) is 0 Å². The van der Waals surface area contributed by atoms with Crippen LogP contribution in [0.4, 0.5) is 0 Å². The van der Waals surface area contributed by atoms with Crippen molar-refractivity contribution in [3.63, 3.8) is 0 Å². The van der Waals surface area contributed by atoms with Crippen molar-refractivity contribution in [3.05, 3.63) is 0 Å². The molecule has 0 aliphatic rings. The minimum Gasteiger partial charge on any atom is -0.272 e. The van der Waals surface area contributed by atoms with Crippen LogP contribution in [0.5, 0.6) is 0 Å². The fourth-order valence-corrected chi connectivity index (χ4v) is 0.595. The minimum atomic E-state index is -0.272. The predicted molar refractivity (Wildman–Crippen MR) is 49.1 cm³/mol. The van der Waals surface area contributed by atoms with Crippen LogP contribution in [-0.2, 0) is 9.59 Å². The molecule has 2 amide bonds. The van der Waals surface area contributed by atoms with E-state index < -0.39 is 0 Å². The number of hydrogen-bond donors (Lipinski definition) is 1. The van der Waals surface area contributed by atoms with Crippen LogP contribution < -0.4 is 10.9 Å². The second kappa shape index (κ2) is 6.38. The molecule has 0 heterocycles. The first-order valence-corrected chi connectivity index (χ1v) is 4.81. The predicted octanol–water partition coefficient (Wildman–Crippen LogP) is 0.384. The summed E-state index contributed by atoms with van der Waals surface area (Å²) in [7, 11) is 0. The maximum Gasteiger partial charge on any atom is 0.262 e. The number of alkyl halides is 1. The molecule has 0 aromatic carbocycles. The van der Waals surface area contributed by atoms with E-state index in [0.29, 0.717) is 10.8 Å².